The van der Waals surface area contributed by atoms with Crippen molar-refractivity contribution in [3.63, 3.8) is 0 Å². The number of guanidine groups is 1. The van der Waals surface area contributed by atoms with Gasteiger partial charge in [-0.15, -0.1) is 24.0 Å². The molecule has 8 heteroatoms. The van der Waals surface area contributed by atoms with Crippen LogP contribution in [0.3, 0.4) is 0 Å². The summed E-state index contributed by atoms with van der Waals surface area (Å²) in [5.74, 6) is 0.642. The van der Waals surface area contributed by atoms with Crippen molar-refractivity contribution in [2.75, 3.05) is 33.2 Å². The molecule has 26 heavy (non-hydrogen) atoms. The van der Waals surface area contributed by atoms with Crippen LogP contribution in [-0.4, -0.2) is 56.3 Å². The first-order valence-electron chi connectivity index (χ1n) is 8.64. The summed E-state index contributed by atoms with van der Waals surface area (Å²) in [6.45, 7) is 4.39. The number of hydrogen-bond donors (Lipinski definition) is 2. The van der Waals surface area contributed by atoms with Crippen molar-refractivity contribution < 1.29 is 13.2 Å². The lowest BCUT2D eigenvalue weighted by molar-refractivity contribution is -0.142. The topological polar surface area (TPSA) is 39.7 Å². The fourth-order valence-corrected chi connectivity index (χ4v) is 2.37. The van der Waals surface area contributed by atoms with Crippen LogP contribution in [0, 0.1) is 0 Å². The van der Waals surface area contributed by atoms with Gasteiger partial charge in [0, 0.05) is 19.1 Å². The van der Waals surface area contributed by atoms with E-state index in [4.69, 9.17) is 0 Å². The number of likely N-dealkylation sites (N-methyl/N-ethyl adjacent to an activating group) is 1. The molecule has 1 unspecified atom stereocenters. The average molecular weight is 486 g/mol. The SMILES string of the molecule is CCNC(=NCCN(C)CC(F)(F)F)NC(C)CCc1ccccc1.I. The van der Waals surface area contributed by atoms with Gasteiger partial charge >= 0.3 is 6.18 Å². The summed E-state index contributed by atoms with van der Waals surface area (Å²) in [6.07, 6.45) is -2.27. The number of aryl methyl sites for hydroxylation is 1. The van der Waals surface area contributed by atoms with Gasteiger partial charge in [0.25, 0.3) is 0 Å². The van der Waals surface area contributed by atoms with Gasteiger partial charge in [0.2, 0.25) is 0 Å². The molecule has 2 N–H and O–H groups in total. The van der Waals surface area contributed by atoms with Gasteiger partial charge in [0.15, 0.2) is 5.96 Å². The molecule has 1 rings (SSSR count). The lowest BCUT2D eigenvalue weighted by Gasteiger charge is -2.19. The monoisotopic (exact) mass is 486 g/mol. The third-order valence-electron chi connectivity index (χ3n) is 3.64. The summed E-state index contributed by atoms with van der Waals surface area (Å²) in [5.41, 5.74) is 1.28. The maximum Gasteiger partial charge on any atom is 0.401 e. The van der Waals surface area contributed by atoms with Crippen LogP contribution >= 0.6 is 24.0 Å². The predicted octanol–water partition coefficient (Wildman–Crippen LogP) is 3.67. The molecule has 0 saturated heterocycles. The van der Waals surface area contributed by atoms with Gasteiger partial charge in [0.05, 0.1) is 13.1 Å². The standard InChI is InChI=1S/C18H29F3N4.HI/c1-4-22-17(23-12-13-25(3)14-18(19,20)21)24-15(2)10-11-16-8-6-5-7-9-16;/h5-9,15H,4,10-14H2,1-3H3,(H2,22,23,24);1H. The first-order valence-corrected chi connectivity index (χ1v) is 8.64. The molecular formula is C18H30F3IN4. The van der Waals surface area contributed by atoms with Crippen molar-refractivity contribution in [3.05, 3.63) is 35.9 Å². The van der Waals surface area contributed by atoms with Crippen LogP contribution in [0.1, 0.15) is 25.8 Å². The molecule has 0 fully saturated rings. The molecular weight excluding hydrogens is 456 g/mol. The smallest absolute Gasteiger partial charge is 0.357 e. The molecule has 0 amide bonds. The van der Waals surface area contributed by atoms with Crippen molar-refractivity contribution in [2.24, 2.45) is 4.99 Å². The largest absolute Gasteiger partial charge is 0.401 e. The van der Waals surface area contributed by atoms with Crippen LogP contribution in [0.15, 0.2) is 35.3 Å². The predicted molar refractivity (Wildman–Crippen MR) is 112 cm³/mol. The van der Waals surface area contributed by atoms with E-state index in [1.807, 2.05) is 25.1 Å². The normalized spacial score (nSPS) is 13.3. The van der Waals surface area contributed by atoms with Crippen molar-refractivity contribution in [2.45, 2.75) is 38.9 Å². The Morgan fingerprint density at radius 3 is 2.46 bits per heavy atom. The fourth-order valence-electron chi connectivity index (χ4n) is 2.37. The quantitative estimate of drug-likeness (QED) is 0.318. The summed E-state index contributed by atoms with van der Waals surface area (Å²) in [6, 6.07) is 10.5. The van der Waals surface area contributed by atoms with E-state index in [1.165, 1.54) is 17.5 Å². The van der Waals surface area contributed by atoms with Gasteiger partial charge in [-0.1, -0.05) is 30.3 Å². The minimum Gasteiger partial charge on any atom is -0.357 e. The Hall–Kier alpha value is -1.03. The maximum atomic E-state index is 12.3. The molecule has 0 saturated carbocycles. The van der Waals surface area contributed by atoms with Crippen molar-refractivity contribution >= 4 is 29.9 Å². The lowest BCUT2D eigenvalue weighted by atomic mass is 10.1. The molecule has 150 valence electrons. The fraction of sp³-hybridized carbons (Fsp3) is 0.611. The molecule has 0 aromatic heterocycles. The Morgan fingerprint density at radius 2 is 1.88 bits per heavy atom. The average Bonchev–Trinajstić information content (AvgIpc) is 2.52. The Bertz CT molecular complexity index is 509. The summed E-state index contributed by atoms with van der Waals surface area (Å²) in [7, 11) is 1.45. The molecule has 1 atom stereocenters. The number of alkyl halides is 3. The second kappa shape index (κ2) is 13.2. The van der Waals surface area contributed by atoms with Crippen molar-refractivity contribution in [1.82, 2.24) is 15.5 Å². The summed E-state index contributed by atoms with van der Waals surface area (Å²) >= 11 is 0. The van der Waals surface area contributed by atoms with Crippen molar-refractivity contribution in [1.29, 1.82) is 0 Å². The zero-order chi connectivity index (χ0) is 18.7. The van der Waals surface area contributed by atoms with Crippen LogP contribution in [0.4, 0.5) is 13.2 Å². The third kappa shape index (κ3) is 12.3. The highest BCUT2D eigenvalue weighted by Crippen LogP contribution is 2.15. The molecule has 1 aromatic rings. The Labute approximate surface area is 171 Å². The molecule has 0 bridgehead atoms. The van der Waals surface area contributed by atoms with Gasteiger partial charge in [-0.05, 0) is 39.3 Å². The lowest BCUT2D eigenvalue weighted by Crippen LogP contribution is -2.43. The van der Waals surface area contributed by atoms with Gasteiger partial charge in [0.1, 0.15) is 0 Å². The molecule has 1 aromatic carbocycles. The Balaban J connectivity index is 0.00000625. The van der Waals surface area contributed by atoms with E-state index in [9.17, 15) is 13.2 Å². The third-order valence-corrected chi connectivity index (χ3v) is 3.64. The van der Waals surface area contributed by atoms with E-state index in [2.05, 4.69) is 34.7 Å². The maximum absolute atomic E-state index is 12.3. The van der Waals surface area contributed by atoms with E-state index in [0.717, 1.165) is 12.8 Å². The molecule has 0 aliphatic heterocycles. The minimum atomic E-state index is -4.17. The second-order valence-electron chi connectivity index (χ2n) is 6.18. The number of rotatable bonds is 9. The van der Waals surface area contributed by atoms with Gasteiger partial charge in [-0.2, -0.15) is 13.2 Å². The summed E-state index contributed by atoms with van der Waals surface area (Å²) in [4.78, 5) is 5.59. The number of aliphatic imine (C=N–C) groups is 1. The Morgan fingerprint density at radius 1 is 1.23 bits per heavy atom. The molecule has 0 aliphatic rings. The molecule has 0 heterocycles. The van der Waals surface area contributed by atoms with Crippen LogP contribution < -0.4 is 10.6 Å². The van der Waals surface area contributed by atoms with Crippen LogP contribution in [0.5, 0.6) is 0 Å². The highest BCUT2D eigenvalue weighted by molar-refractivity contribution is 14.0. The van der Waals surface area contributed by atoms with E-state index in [1.54, 1.807) is 0 Å². The Kier molecular flexibility index (Phi) is 12.7. The first kappa shape index (κ1) is 25.0. The number of halogens is 4. The minimum absolute atomic E-state index is 0. The molecule has 0 radical (unpaired) electrons. The second-order valence-corrected chi connectivity index (χ2v) is 6.18. The van der Waals surface area contributed by atoms with Gasteiger partial charge < -0.3 is 10.6 Å². The summed E-state index contributed by atoms with van der Waals surface area (Å²) < 4.78 is 36.9. The number of nitrogens with one attached hydrogen (secondary N) is 2. The van der Waals surface area contributed by atoms with Gasteiger partial charge in [-0.25, -0.2) is 0 Å². The van der Waals surface area contributed by atoms with Crippen molar-refractivity contribution in [3.8, 4) is 0 Å². The number of hydrogen-bond acceptors (Lipinski definition) is 2. The highest BCUT2D eigenvalue weighted by atomic mass is 127. The zero-order valence-corrected chi connectivity index (χ0v) is 18.0. The molecule has 0 spiro atoms. The van der Waals surface area contributed by atoms with Crippen LogP contribution in [0.25, 0.3) is 0 Å². The first-order chi connectivity index (χ1) is 11.8. The summed E-state index contributed by atoms with van der Waals surface area (Å²) in [5, 5.41) is 6.44. The van der Waals surface area contributed by atoms with E-state index < -0.39 is 12.7 Å². The number of benzene rings is 1. The highest BCUT2D eigenvalue weighted by Gasteiger charge is 2.28. The molecule has 4 nitrogen and oxygen atoms in total. The van der Waals surface area contributed by atoms with Gasteiger partial charge in [-0.3, -0.25) is 9.89 Å². The van der Waals surface area contributed by atoms with Crippen LogP contribution in [-0.2, 0) is 6.42 Å². The van der Waals surface area contributed by atoms with E-state index in [-0.39, 0.29) is 36.6 Å². The molecule has 0 aliphatic carbocycles. The van der Waals surface area contributed by atoms with E-state index >= 15 is 0 Å². The number of nitrogens with zero attached hydrogens (tertiary/aromatic N) is 2. The van der Waals surface area contributed by atoms with Crippen LogP contribution in [0.2, 0.25) is 0 Å². The van der Waals surface area contributed by atoms with E-state index in [0.29, 0.717) is 19.0 Å². The zero-order valence-electron chi connectivity index (χ0n) is 15.6.